The van der Waals surface area contributed by atoms with Crippen LogP contribution in [-0.4, -0.2) is 0 Å². The van der Waals surface area contributed by atoms with Gasteiger partial charge in [0.1, 0.15) is 0 Å². The summed E-state index contributed by atoms with van der Waals surface area (Å²) in [5.74, 6) is 0. The van der Waals surface area contributed by atoms with Crippen molar-refractivity contribution >= 4 is 102 Å². The monoisotopic (exact) mass is 432 g/mol. The molecule has 120 valence electrons. The van der Waals surface area contributed by atoms with Crippen LogP contribution in [-0.2, 0) is 0 Å². The number of benzene rings is 4. The average molecular weight is 435 g/mol. The Balaban J connectivity index is 2.41. The first-order chi connectivity index (χ1) is 11.4. The third-order valence-corrected chi connectivity index (χ3v) is 6.79. The van der Waals surface area contributed by atoms with Gasteiger partial charge in [0, 0.05) is 21.5 Å². The number of hydrogen-bond acceptors (Lipinski definition) is 0. The lowest BCUT2D eigenvalue weighted by Gasteiger charge is -2.15. The van der Waals surface area contributed by atoms with Gasteiger partial charge in [-0.3, -0.25) is 0 Å². The molecule has 0 unspecified atom stereocenters. The fraction of sp³-hybridized carbons (Fsp3) is 0. The summed E-state index contributed by atoms with van der Waals surface area (Å²) in [5, 5.41) is 6.73. The highest BCUT2D eigenvalue weighted by molar-refractivity contribution is 6.58. The van der Waals surface area contributed by atoms with Crippen LogP contribution in [0.3, 0.4) is 0 Å². The lowest BCUT2D eigenvalue weighted by molar-refractivity contribution is 1.76. The van der Waals surface area contributed by atoms with E-state index in [-0.39, 0.29) is 10.0 Å². The molecule has 6 heteroatoms. The van der Waals surface area contributed by atoms with E-state index >= 15 is 0 Å². The Bertz CT molecular complexity index is 1160. The quantitative estimate of drug-likeness (QED) is 0.147. The highest BCUT2D eigenvalue weighted by Crippen LogP contribution is 2.49. The molecule has 0 aromatic heterocycles. The van der Waals surface area contributed by atoms with Gasteiger partial charge in [-0.1, -0.05) is 106 Å². The molecule has 0 saturated heterocycles. The van der Waals surface area contributed by atoms with Gasteiger partial charge in [0.15, 0.2) is 0 Å². The molecule has 0 fully saturated rings. The molecule has 0 saturated carbocycles. The Morgan fingerprint density at radius 2 is 0.833 bits per heavy atom. The van der Waals surface area contributed by atoms with E-state index in [0.717, 1.165) is 16.2 Å². The summed E-state index contributed by atoms with van der Waals surface area (Å²) in [6.45, 7) is 0. The van der Waals surface area contributed by atoms with Gasteiger partial charge in [0.2, 0.25) is 0 Å². The SMILES string of the molecule is Clc1c(Cl)c(Cl)c2c(ccc3c4ccccc4c(Cl)c(Cl)c32)c1Cl. The third kappa shape index (κ3) is 2.22. The zero-order valence-electron chi connectivity index (χ0n) is 11.7. The minimum absolute atomic E-state index is 0.198. The first-order valence-electron chi connectivity index (χ1n) is 6.87. The van der Waals surface area contributed by atoms with Crippen molar-refractivity contribution < 1.29 is 0 Å². The normalized spacial score (nSPS) is 11.8. The van der Waals surface area contributed by atoms with E-state index in [9.17, 15) is 0 Å². The van der Waals surface area contributed by atoms with Crippen molar-refractivity contribution in [1.82, 2.24) is 0 Å². The topological polar surface area (TPSA) is 0 Å². The fourth-order valence-corrected chi connectivity index (χ4v) is 4.61. The van der Waals surface area contributed by atoms with Gasteiger partial charge in [-0.05, 0) is 10.8 Å². The molecule has 4 aromatic rings. The summed E-state index contributed by atoms with van der Waals surface area (Å²) < 4.78 is 0. The van der Waals surface area contributed by atoms with E-state index in [4.69, 9.17) is 69.6 Å². The van der Waals surface area contributed by atoms with Crippen molar-refractivity contribution in [3.8, 4) is 0 Å². The van der Waals surface area contributed by atoms with Crippen LogP contribution in [0.15, 0.2) is 36.4 Å². The van der Waals surface area contributed by atoms with Crippen LogP contribution in [0.1, 0.15) is 0 Å². The summed E-state index contributed by atoms with van der Waals surface area (Å²) in [5.41, 5.74) is 0. The predicted molar refractivity (Wildman–Crippen MR) is 109 cm³/mol. The standard InChI is InChI=1S/C18H6Cl6/c19-13-9-4-2-1-3-7(9)8-5-6-10-12(11(8)15(13)21)16(22)18(24)17(23)14(10)20/h1-6H. The van der Waals surface area contributed by atoms with E-state index in [0.29, 0.717) is 36.2 Å². The Kier molecular flexibility index (Phi) is 4.20. The van der Waals surface area contributed by atoms with Crippen LogP contribution in [0, 0.1) is 0 Å². The Hall–Kier alpha value is -0.600. The molecular formula is C18H6Cl6. The minimum atomic E-state index is 0.198. The van der Waals surface area contributed by atoms with E-state index in [2.05, 4.69) is 0 Å². The Morgan fingerprint density at radius 3 is 1.54 bits per heavy atom. The summed E-state index contributed by atoms with van der Waals surface area (Å²) in [6.07, 6.45) is 0. The molecule has 0 heterocycles. The van der Waals surface area contributed by atoms with Gasteiger partial charge in [0.05, 0.1) is 30.1 Å². The molecule has 0 aliphatic rings. The zero-order valence-corrected chi connectivity index (χ0v) is 16.3. The van der Waals surface area contributed by atoms with Crippen LogP contribution in [0.4, 0.5) is 0 Å². The Labute approximate surface area is 167 Å². The molecule has 0 bridgehead atoms. The maximum atomic E-state index is 6.59. The van der Waals surface area contributed by atoms with E-state index in [1.807, 2.05) is 36.4 Å². The van der Waals surface area contributed by atoms with Crippen LogP contribution >= 0.6 is 69.6 Å². The summed E-state index contributed by atoms with van der Waals surface area (Å²) >= 11 is 38.4. The molecule has 4 rings (SSSR count). The van der Waals surface area contributed by atoms with E-state index < -0.39 is 0 Å². The first kappa shape index (κ1) is 16.8. The van der Waals surface area contributed by atoms with Crippen molar-refractivity contribution in [2.24, 2.45) is 0 Å². The van der Waals surface area contributed by atoms with Crippen molar-refractivity contribution in [2.75, 3.05) is 0 Å². The van der Waals surface area contributed by atoms with Crippen molar-refractivity contribution in [3.63, 3.8) is 0 Å². The lowest BCUT2D eigenvalue weighted by atomic mass is 9.96. The fourth-order valence-electron chi connectivity index (χ4n) is 3.02. The molecule has 0 spiro atoms. The molecule has 4 aromatic carbocycles. The van der Waals surface area contributed by atoms with Gasteiger partial charge in [0.25, 0.3) is 0 Å². The Morgan fingerprint density at radius 1 is 0.375 bits per heavy atom. The highest BCUT2D eigenvalue weighted by atomic mass is 35.5. The van der Waals surface area contributed by atoms with E-state index in [1.165, 1.54) is 0 Å². The maximum Gasteiger partial charge on any atom is 0.0800 e. The molecule has 0 amide bonds. The lowest BCUT2D eigenvalue weighted by Crippen LogP contribution is -1.88. The van der Waals surface area contributed by atoms with Gasteiger partial charge >= 0.3 is 0 Å². The maximum absolute atomic E-state index is 6.59. The van der Waals surface area contributed by atoms with Gasteiger partial charge in [-0.25, -0.2) is 0 Å². The summed E-state index contributed by atoms with van der Waals surface area (Å²) in [6, 6.07) is 11.6. The molecule has 24 heavy (non-hydrogen) atoms. The van der Waals surface area contributed by atoms with Crippen LogP contribution in [0.5, 0.6) is 0 Å². The number of halogens is 6. The highest BCUT2D eigenvalue weighted by Gasteiger charge is 2.20. The smallest absolute Gasteiger partial charge is 0.0800 e. The second-order valence-corrected chi connectivity index (χ2v) is 7.61. The van der Waals surface area contributed by atoms with Crippen molar-refractivity contribution in [2.45, 2.75) is 0 Å². The average Bonchev–Trinajstić information content (AvgIpc) is 2.61. The number of hydrogen-bond donors (Lipinski definition) is 0. The van der Waals surface area contributed by atoms with Gasteiger partial charge < -0.3 is 0 Å². The molecule has 0 nitrogen and oxygen atoms in total. The van der Waals surface area contributed by atoms with Crippen LogP contribution in [0.25, 0.3) is 32.3 Å². The molecule has 0 radical (unpaired) electrons. The largest absolute Gasteiger partial charge is 0.0820 e. The molecule has 0 aliphatic carbocycles. The minimum Gasteiger partial charge on any atom is -0.0820 e. The third-order valence-electron chi connectivity index (χ3n) is 4.11. The second kappa shape index (κ2) is 5.99. The number of fused-ring (bicyclic) bond motifs is 5. The van der Waals surface area contributed by atoms with E-state index in [1.54, 1.807) is 0 Å². The molecule has 0 aliphatic heterocycles. The summed E-state index contributed by atoms with van der Waals surface area (Å²) in [4.78, 5) is 0. The zero-order chi connectivity index (χ0) is 17.2. The summed E-state index contributed by atoms with van der Waals surface area (Å²) in [7, 11) is 0. The molecular weight excluding hydrogens is 429 g/mol. The van der Waals surface area contributed by atoms with Crippen molar-refractivity contribution in [3.05, 3.63) is 66.5 Å². The van der Waals surface area contributed by atoms with Gasteiger partial charge in [-0.2, -0.15) is 0 Å². The number of rotatable bonds is 0. The predicted octanol–water partition coefficient (Wildman–Crippen LogP) is 9.07. The van der Waals surface area contributed by atoms with Crippen LogP contribution in [0.2, 0.25) is 30.1 Å². The second-order valence-electron chi connectivity index (χ2n) is 5.34. The van der Waals surface area contributed by atoms with Crippen LogP contribution < -0.4 is 0 Å². The first-order valence-corrected chi connectivity index (χ1v) is 9.14. The molecule has 0 N–H and O–H groups in total. The van der Waals surface area contributed by atoms with Gasteiger partial charge in [-0.15, -0.1) is 0 Å². The molecule has 0 atom stereocenters. The van der Waals surface area contributed by atoms with Crippen molar-refractivity contribution in [1.29, 1.82) is 0 Å².